The summed E-state index contributed by atoms with van der Waals surface area (Å²) in [5.41, 5.74) is 0. The SMILES string of the molecule is CCCN(CCO)S(=O)(=O)CCC(C)C. The fraction of sp³-hybridized carbons (Fsp3) is 1.00. The van der Waals surface area contributed by atoms with Gasteiger partial charge >= 0.3 is 0 Å². The molecular weight excluding hydrogens is 214 g/mol. The number of hydrogen-bond donors (Lipinski definition) is 1. The van der Waals surface area contributed by atoms with Gasteiger partial charge < -0.3 is 5.11 Å². The molecule has 15 heavy (non-hydrogen) atoms. The van der Waals surface area contributed by atoms with Crippen molar-refractivity contribution in [2.75, 3.05) is 25.4 Å². The van der Waals surface area contributed by atoms with Crippen LogP contribution in [0, 0.1) is 5.92 Å². The van der Waals surface area contributed by atoms with Crippen LogP contribution in [0.5, 0.6) is 0 Å². The van der Waals surface area contributed by atoms with Gasteiger partial charge in [-0.25, -0.2) is 8.42 Å². The maximum atomic E-state index is 11.8. The highest BCUT2D eigenvalue weighted by molar-refractivity contribution is 7.89. The van der Waals surface area contributed by atoms with Crippen molar-refractivity contribution in [3.8, 4) is 0 Å². The van der Waals surface area contributed by atoms with E-state index in [9.17, 15) is 8.42 Å². The Balaban J connectivity index is 4.35. The molecule has 0 amide bonds. The zero-order valence-corrected chi connectivity index (χ0v) is 10.8. The molecule has 0 aliphatic heterocycles. The van der Waals surface area contributed by atoms with E-state index in [4.69, 9.17) is 5.11 Å². The highest BCUT2D eigenvalue weighted by Gasteiger charge is 2.20. The molecule has 0 aromatic rings. The van der Waals surface area contributed by atoms with E-state index in [0.717, 1.165) is 6.42 Å². The van der Waals surface area contributed by atoms with Gasteiger partial charge in [-0.1, -0.05) is 20.8 Å². The number of nitrogens with zero attached hydrogens (tertiary/aromatic N) is 1. The van der Waals surface area contributed by atoms with Crippen LogP contribution in [-0.2, 0) is 10.0 Å². The van der Waals surface area contributed by atoms with Gasteiger partial charge in [0, 0.05) is 13.1 Å². The highest BCUT2D eigenvalue weighted by Crippen LogP contribution is 2.08. The Morgan fingerprint density at radius 2 is 1.87 bits per heavy atom. The summed E-state index contributed by atoms with van der Waals surface area (Å²) in [6, 6.07) is 0. The van der Waals surface area contributed by atoms with Crippen molar-refractivity contribution in [2.45, 2.75) is 33.6 Å². The lowest BCUT2D eigenvalue weighted by molar-refractivity contribution is 0.253. The van der Waals surface area contributed by atoms with E-state index in [0.29, 0.717) is 18.9 Å². The van der Waals surface area contributed by atoms with Crippen molar-refractivity contribution in [3.63, 3.8) is 0 Å². The van der Waals surface area contributed by atoms with Crippen LogP contribution in [0.1, 0.15) is 33.6 Å². The Hall–Kier alpha value is -0.130. The molecule has 0 saturated carbocycles. The molecular formula is C10H23NO3S. The van der Waals surface area contributed by atoms with Gasteiger partial charge in [-0.05, 0) is 18.8 Å². The molecule has 0 saturated heterocycles. The van der Waals surface area contributed by atoms with E-state index < -0.39 is 10.0 Å². The number of sulfonamides is 1. The van der Waals surface area contributed by atoms with Crippen molar-refractivity contribution in [2.24, 2.45) is 5.92 Å². The third-order valence-electron chi connectivity index (χ3n) is 2.17. The fourth-order valence-electron chi connectivity index (χ4n) is 1.26. The molecule has 0 unspecified atom stereocenters. The van der Waals surface area contributed by atoms with Crippen molar-refractivity contribution < 1.29 is 13.5 Å². The van der Waals surface area contributed by atoms with Crippen LogP contribution in [0.15, 0.2) is 0 Å². The Bertz CT molecular complexity index is 243. The monoisotopic (exact) mass is 237 g/mol. The number of hydrogen-bond acceptors (Lipinski definition) is 3. The quantitative estimate of drug-likeness (QED) is 0.687. The van der Waals surface area contributed by atoms with E-state index in [-0.39, 0.29) is 18.9 Å². The maximum absolute atomic E-state index is 11.8. The van der Waals surface area contributed by atoms with E-state index in [2.05, 4.69) is 0 Å². The van der Waals surface area contributed by atoms with Gasteiger partial charge in [0.25, 0.3) is 0 Å². The molecule has 0 spiro atoms. The summed E-state index contributed by atoms with van der Waals surface area (Å²) in [5, 5.41) is 8.80. The van der Waals surface area contributed by atoms with Crippen LogP contribution in [0.25, 0.3) is 0 Å². The summed E-state index contributed by atoms with van der Waals surface area (Å²) >= 11 is 0. The van der Waals surface area contributed by atoms with Gasteiger partial charge in [-0.2, -0.15) is 4.31 Å². The highest BCUT2D eigenvalue weighted by atomic mass is 32.2. The zero-order valence-electron chi connectivity index (χ0n) is 9.94. The third kappa shape index (κ3) is 6.12. The molecule has 0 aliphatic rings. The standard InChI is InChI=1S/C10H23NO3S/c1-4-6-11(7-8-12)15(13,14)9-5-10(2)3/h10,12H,4-9H2,1-3H3. The first kappa shape index (κ1) is 14.9. The van der Waals surface area contributed by atoms with Gasteiger partial charge in [0.1, 0.15) is 0 Å². The number of aliphatic hydroxyl groups is 1. The molecule has 0 aromatic carbocycles. The summed E-state index contributed by atoms with van der Waals surface area (Å²) < 4.78 is 25.0. The molecule has 0 atom stereocenters. The summed E-state index contributed by atoms with van der Waals surface area (Å²) in [7, 11) is -3.17. The first-order chi connectivity index (χ1) is 6.94. The molecule has 5 heteroatoms. The lowest BCUT2D eigenvalue weighted by Crippen LogP contribution is -2.36. The van der Waals surface area contributed by atoms with E-state index in [1.54, 1.807) is 0 Å². The van der Waals surface area contributed by atoms with Crippen LogP contribution >= 0.6 is 0 Å². The summed E-state index contributed by atoms with van der Waals surface area (Å²) in [6.07, 6.45) is 1.45. The first-order valence-corrected chi connectivity index (χ1v) is 7.13. The second-order valence-corrected chi connectivity index (χ2v) is 6.21. The van der Waals surface area contributed by atoms with Gasteiger partial charge in [-0.3, -0.25) is 0 Å². The Labute approximate surface area is 93.3 Å². The Morgan fingerprint density at radius 1 is 1.27 bits per heavy atom. The minimum atomic E-state index is -3.17. The number of aliphatic hydroxyl groups excluding tert-OH is 1. The van der Waals surface area contributed by atoms with Crippen LogP contribution in [0.4, 0.5) is 0 Å². The molecule has 0 rings (SSSR count). The van der Waals surface area contributed by atoms with Crippen molar-refractivity contribution in [1.82, 2.24) is 4.31 Å². The second kappa shape index (κ2) is 7.19. The van der Waals surface area contributed by atoms with Gasteiger partial charge in [0.15, 0.2) is 0 Å². The third-order valence-corrected chi connectivity index (χ3v) is 4.07. The predicted octanol–water partition coefficient (Wildman–Crippen LogP) is 1.07. The Kier molecular flexibility index (Phi) is 7.13. The fourth-order valence-corrected chi connectivity index (χ4v) is 3.11. The average Bonchev–Trinajstić information content (AvgIpc) is 2.15. The van der Waals surface area contributed by atoms with Gasteiger partial charge in [0.05, 0.1) is 12.4 Å². The van der Waals surface area contributed by atoms with E-state index in [1.807, 2.05) is 20.8 Å². The van der Waals surface area contributed by atoms with Crippen molar-refractivity contribution in [3.05, 3.63) is 0 Å². The predicted molar refractivity (Wildman–Crippen MR) is 62.2 cm³/mol. The zero-order chi connectivity index (χ0) is 11.9. The van der Waals surface area contributed by atoms with Gasteiger partial charge in [0.2, 0.25) is 10.0 Å². The normalized spacial score (nSPS) is 12.7. The largest absolute Gasteiger partial charge is 0.395 e. The molecule has 0 bridgehead atoms. The lowest BCUT2D eigenvalue weighted by atomic mass is 10.2. The minimum Gasteiger partial charge on any atom is -0.395 e. The van der Waals surface area contributed by atoms with Crippen molar-refractivity contribution in [1.29, 1.82) is 0 Å². The molecule has 0 fully saturated rings. The molecule has 0 heterocycles. The second-order valence-electron chi connectivity index (χ2n) is 4.12. The molecule has 0 aromatic heterocycles. The van der Waals surface area contributed by atoms with Gasteiger partial charge in [-0.15, -0.1) is 0 Å². The number of rotatable bonds is 8. The maximum Gasteiger partial charge on any atom is 0.214 e. The van der Waals surface area contributed by atoms with Crippen LogP contribution in [-0.4, -0.2) is 43.3 Å². The summed E-state index contributed by atoms with van der Waals surface area (Å²) in [6.45, 7) is 6.55. The first-order valence-electron chi connectivity index (χ1n) is 5.52. The molecule has 4 nitrogen and oxygen atoms in total. The lowest BCUT2D eigenvalue weighted by Gasteiger charge is -2.20. The smallest absolute Gasteiger partial charge is 0.214 e. The van der Waals surface area contributed by atoms with Crippen LogP contribution in [0.2, 0.25) is 0 Å². The minimum absolute atomic E-state index is 0.110. The van der Waals surface area contributed by atoms with E-state index >= 15 is 0 Å². The Morgan fingerprint density at radius 3 is 2.27 bits per heavy atom. The summed E-state index contributed by atoms with van der Waals surface area (Å²) in [4.78, 5) is 0. The van der Waals surface area contributed by atoms with Crippen molar-refractivity contribution >= 4 is 10.0 Å². The topological polar surface area (TPSA) is 57.6 Å². The average molecular weight is 237 g/mol. The van der Waals surface area contributed by atoms with Crippen LogP contribution in [0.3, 0.4) is 0 Å². The molecule has 92 valence electrons. The molecule has 0 radical (unpaired) electrons. The molecule has 1 N–H and O–H groups in total. The molecule has 0 aliphatic carbocycles. The summed E-state index contributed by atoms with van der Waals surface area (Å²) in [5.74, 6) is 0.572. The van der Waals surface area contributed by atoms with Crippen LogP contribution < -0.4 is 0 Å². The van der Waals surface area contributed by atoms with E-state index in [1.165, 1.54) is 4.31 Å².